The first-order valence-electron chi connectivity index (χ1n) is 16.4. The highest BCUT2D eigenvalue weighted by Crippen LogP contribution is 2.31. The molecule has 4 aromatic carbocycles. The average molecular weight is 723 g/mol. The molecule has 1 aromatic heterocycles. The Morgan fingerprint density at radius 3 is 2.34 bits per heavy atom. The number of carbonyl (C=O) groups is 2. The lowest BCUT2D eigenvalue weighted by Crippen LogP contribution is -2.43. The summed E-state index contributed by atoms with van der Waals surface area (Å²) in [6.45, 7) is 5.05. The lowest BCUT2D eigenvalue weighted by atomic mass is 9.99. The fraction of sp³-hybridized carbons (Fsp3) is 0.289. The van der Waals surface area contributed by atoms with Crippen LogP contribution in [0, 0.1) is 11.6 Å². The number of halogens is 4. The standard InChI is InChI=1S/C38H39Cl2F2N5O3/c1-3-14-46(15-16-48)28-9-6-26(7-10-28)37-44-35-21-27(8-13-36(35)47(37)22-25-5-12-31(41)32(42)19-25)34(17-23(2)49)45-38(50)33(43)20-24-4-11-29(39)30(40)18-24/h4-13,18-19,21,33-34,48H,3,14-17,20,22,43H2,1-2H3,(H,45,50)/t33-,34?/m0/s1. The number of hydrogen-bond donors (Lipinski definition) is 3. The van der Waals surface area contributed by atoms with Gasteiger partial charge in [-0.1, -0.05) is 48.3 Å². The number of amides is 1. The van der Waals surface area contributed by atoms with Gasteiger partial charge < -0.3 is 25.6 Å². The smallest absolute Gasteiger partial charge is 0.237 e. The largest absolute Gasteiger partial charge is 0.395 e. The molecule has 4 N–H and O–H groups in total. The molecule has 0 spiro atoms. The Kier molecular flexibility index (Phi) is 12.2. The summed E-state index contributed by atoms with van der Waals surface area (Å²) in [4.78, 5) is 32.7. The molecule has 0 aliphatic heterocycles. The number of nitrogens with two attached hydrogens (primary N) is 1. The number of nitrogens with one attached hydrogen (secondary N) is 1. The number of aromatic nitrogens is 2. The van der Waals surface area contributed by atoms with E-state index in [1.807, 2.05) is 47.0 Å². The second kappa shape index (κ2) is 16.6. The number of carbonyl (C=O) groups excluding carboxylic acids is 2. The highest BCUT2D eigenvalue weighted by atomic mass is 35.5. The second-order valence-corrected chi connectivity index (χ2v) is 13.1. The van der Waals surface area contributed by atoms with Crippen molar-refractivity contribution in [2.75, 3.05) is 24.6 Å². The van der Waals surface area contributed by atoms with Crippen molar-refractivity contribution >= 4 is 51.6 Å². The van der Waals surface area contributed by atoms with Gasteiger partial charge in [0.2, 0.25) is 5.91 Å². The lowest BCUT2D eigenvalue weighted by Gasteiger charge is -2.23. The molecule has 0 saturated carbocycles. The lowest BCUT2D eigenvalue weighted by molar-refractivity contribution is -0.123. The number of nitrogens with zero attached hydrogens (tertiary/aromatic N) is 3. The van der Waals surface area contributed by atoms with Gasteiger partial charge in [-0.25, -0.2) is 13.8 Å². The normalized spacial score (nSPS) is 12.6. The quantitative estimate of drug-likeness (QED) is 0.105. The van der Waals surface area contributed by atoms with E-state index in [2.05, 4.69) is 17.1 Å². The van der Waals surface area contributed by atoms with E-state index in [9.17, 15) is 23.5 Å². The van der Waals surface area contributed by atoms with Crippen molar-refractivity contribution in [2.45, 2.75) is 51.7 Å². The summed E-state index contributed by atoms with van der Waals surface area (Å²) >= 11 is 12.2. The van der Waals surface area contributed by atoms with Crippen LogP contribution < -0.4 is 16.0 Å². The van der Waals surface area contributed by atoms with Crippen LogP contribution in [-0.2, 0) is 22.6 Å². The fourth-order valence-electron chi connectivity index (χ4n) is 5.98. The number of fused-ring (bicyclic) bond motifs is 1. The van der Waals surface area contributed by atoms with Gasteiger partial charge in [-0.2, -0.15) is 0 Å². The molecule has 8 nitrogen and oxygen atoms in total. The van der Waals surface area contributed by atoms with Crippen LogP contribution in [0.25, 0.3) is 22.4 Å². The Labute approximate surface area is 299 Å². The Balaban J connectivity index is 1.50. The zero-order valence-electron chi connectivity index (χ0n) is 27.8. The third-order valence-corrected chi connectivity index (χ3v) is 9.18. The highest BCUT2D eigenvalue weighted by Gasteiger charge is 2.23. The van der Waals surface area contributed by atoms with Crippen LogP contribution in [0.15, 0.2) is 78.9 Å². The van der Waals surface area contributed by atoms with E-state index in [1.165, 1.54) is 19.1 Å². The molecule has 2 atom stereocenters. The van der Waals surface area contributed by atoms with Crippen molar-refractivity contribution in [3.8, 4) is 11.4 Å². The van der Waals surface area contributed by atoms with E-state index in [1.54, 1.807) is 18.2 Å². The van der Waals surface area contributed by atoms with Crippen LogP contribution in [0.3, 0.4) is 0 Å². The SMILES string of the molecule is CCCN(CCO)c1ccc(-c2nc3cc(C(CC(C)=O)NC(=O)[C@@H](N)Cc4ccc(Cl)c(Cl)c4)ccc3n2Cc2ccc(F)c(F)c2)cc1. The molecule has 5 rings (SSSR count). The minimum absolute atomic E-state index is 0.0301. The zero-order valence-corrected chi connectivity index (χ0v) is 29.3. The molecule has 0 fully saturated rings. The monoisotopic (exact) mass is 721 g/mol. The van der Waals surface area contributed by atoms with Gasteiger partial charge in [-0.05, 0) is 97.1 Å². The van der Waals surface area contributed by atoms with Crippen molar-refractivity contribution < 1.29 is 23.5 Å². The first-order chi connectivity index (χ1) is 24.0. The zero-order chi connectivity index (χ0) is 35.9. The van der Waals surface area contributed by atoms with E-state index in [0.29, 0.717) is 39.1 Å². The van der Waals surface area contributed by atoms with Crippen LogP contribution in [-0.4, -0.2) is 52.1 Å². The van der Waals surface area contributed by atoms with Gasteiger partial charge in [0.15, 0.2) is 11.6 Å². The van der Waals surface area contributed by atoms with Crippen LogP contribution in [0.2, 0.25) is 10.0 Å². The molecule has 1 amide bonds. The predicted octanol–water partition coefficient (Wildman–Crippen LogP) is 7.25. The molecule has 262 valence electrons. The maximum atomic E-state index is 14.2. The van der Waals surface area contributed by atoms with E-state index >= 15 is 0 Å². The summed E-state index contributed by atoms with van der Waals surface area (Å²) in [7, 11) is 0. The number of imidazole rings is 1. The van der Waals surface area contributed by atoms with Gasteiger partial charge in [0.05, 0.1) is 39.8 Å². The van der Waals surface area contributed by atoms with Gasteiger partial charge in [-0.3, -0.25) is 9.59 Å². The second-order valence-electron chi connectivity index (χ2n) is 12.3. The van der Waals surface area contributed by atoms with Gasteiger partial charge >= 0.3 is 0 Å². The molecule has 50 heavy (non-hydrogen) atoms. The average Bonchev–Trinajstić information content (AvgIpc) is 3.44. The number of aliphatic hydroxyl groups excluding tert-OH is 1. The number of rotatable bonds is 15. The summed E-state index contributed by atoms with van der Waals surface area (Å²) in [6, 6.07) is 20.5. The molecule has 0 aliphatic rings. The third kappa shape index (κ3) is 8.86. The Morgan fingerprint density at radius 1 is 0.940 bits per heavy atom. The van der Waals surface area contributed by atoms with E-state index in [-0.39, 0.29) is 31.8 Å². The van der Waals surface area contributed by atoms with E-state index < -0.39 is 29.6 Å². The number of benzene rings is 4. The Hall–Kier alpha value is -4.35. The minimum Gasteiger partial charge on any atom is -0.395 e. The first kappa shape index (κ1) is 36.9. The molecule has 1 unspecified atom stereocenters. The van der Waals surface area contributed by atoms with Crippen molar-refractivity contribution in [3.05, 3.63) is 117 Å². The molecule has 0 bridgehead atoms. The van der Waals surface area contributed by atoms with E-state index in [4.69, 9.17) is 33.9 Å². The van der Waals surface area contributed by atoms with Crippen LogP contribution in [0.5, 0.6) is 0 Å². The molecule has 0 aliphatic carbocycles. The van der Waals surface area contributed by atoms with Crippen molar-refractivity contribution in [1.29, 1.82) is 0 Å². The molecule has 1 heterocycles. The number of Topliss-reactive ketones (excluding diaryl/α,β-unsaturated/α-hetero) is 1. The number of hydrogen-bond acceptors (Lipinski definition) is 6. The number of anilines is 1. The summed E-state index contributed by atoms with van der Waals surface area (Å²) in [5.41, 5.74) is 11.3. The Bertz CT molecular complexity index is 1980. The first-order valence-corrected chi connectivity index (χ1v) is 17.1. The van der Waals surface area contributed by atoms with Crippen molar-refractivity contribution in [1.82, 2.24) is 14.9 Å². The summed E-state index contributed by atoms with van der Waals surface area (Å²) in [5, 5.41) is 13.2. The predicted molar refractivity (Wildman–Crippen MR) is 195 cm³/mol. The molecule has 5 aromatic rings. The molecular weight excluding hydrogens is 683 g/mol. The highest BCUT2D eigenvalue weighted by molar-refractivity contribution is 6.42. The van der Waals surface area contributed by atoms with Gasteiger partial charge in [0, 0.05) is 37.3 Å². The van der Waals surface area contributed by atoms with Crippen LogP contribution >= 0.6 is 23.2 Å². The van der Waals surface area contributed by atoms with Crippen LogP contribution in [0.4, 0.5) is 14.5 Å². The van der Waals surface area contributed by atoms with E-state index in [0.717, 1.165) is 41.4 Å². The van der Waals surface area contributed by atoms with Crippen molar-refractivity contribution in [2.24, 2.45) is 5.73 Å². The maximum Gasteiger partial charge on any atom is 0.237 e. The topological polar surface area (TPSA) is 113 Å². The van der Waals surface area contributed by atoms with Gasteiger partial charge in [-0.15, -0.1) is 0 Å². The Morgan fingerprint density at radius 2 is 1.68 bits per heavy atom. The maximum absolute atomic E-state index is 14.2. The summed E-state index contributed by atoms with van der Waals surface area (Å²) < 4.78 is 30.0. The van der Waals surface area contributed by atoms with Gasteiger partial charge in [0.1, 0.15) is 11.6 Å². The number of ketones is 1. The minimum atomic E-state index is -0.944. The fourth-order valence-corrected chi connectivity index (χ4v) is 6.30. The molecular formula is C38H39Cl2F2N5O3. The number of aliphatic hydroxyl groups is 1. The molecule has 0 saturated heterocycles. The van der Waals surface area contributed by atoms with Crippen LogP contribution in [0.1, 0.15) is 49.4 Å². The van der Waals surface area contributed by atoms with Crippen molar-refractivity contribution in [3.63, 3.8) is 0 Å². The van der Waals surface area contributed by atoms with Gasteiger partial charge in [0.25, 0.3) is 0 Å². The molecule has 12 heteroatoms. The summed E-state index contributed by atoms with van der Waals surface area (Å²) in [6.07, 6.45) is 1.16. The summed E-state index contributed by atoms with van der Waals surface area (Å²) in [5.74, 6) is -1.85. The third-order valence-electron chi connectivity index (χ3n) is 8.44. The molecule has 0 radical (unpaired) electrons.